The third-order valence-corrected chi connectivity index (χ3v) is 3.36. The van der Waals surface area contributed by atoms with Crippen molar-refractivity contribution in [2.45, 2.75) is 12.4 Å². The van der Waals surface area contributed by atoms with E-state index in [1.54, 1.807) is 7.11 Å². The standard InChI is InChI=1S/C13H16Cl2N2O2/c1-18-7-8-19-6-5-17-11-4-2-3-10(15)13(11)16-12(17)9-14/h2-4H,5-9H2,1H3. The molecule has 0 amide bonds. The largest absolute Gasteiger partial charge is 0.382 e. The van der Waals surface area contributed by atoms with Crippen LogP contribution in [0.5, 0.6) is 0 Å². The van der Waals surface area contributed by atoms with Crippen LogP contribution in [0.1, 0.15) is 5.82 Å². The minimum absolute atomic E-state index is 0.350. The Morgan fingerprint density at radius 3 is 2.84 bits per heavy atom. The zero-order chi connectivity index (χ0) is 13.7. The molecule has 0 atom stereocenters. The molecule has 0 aliphatic carbocycles. The third kappa shape index (κ3) is 3.39. The highest BCUT2D eigenvalue weighted by molar-refractivity contribution is 6.34. The molecule has 104 valence electrons. The number of ether oxygens (including phenoxy) is 2. The SMILES string of the molecule is COCCOCCn1c(CCl)nc2c(Cl)cccc21. The van der Waals surface area contributed by atoms with Gasteiger partial charge in [-0.15, -0.1) is 11.6 Å². The van der Waals surface area contributed by atoms with Gasteiger partial charge in [0.25, 0.3) is 0 Å². The lowest BCUT2D eigenvalue weighted by atomic mass is 10.3. The van der Waals surface area contributed by atoms with E-state index in [-0.39, 0.29) is 0 Å². The number of hydrogen-bond donors (Lipinski definition) is 0. The van der Waals surface area contributed by atoms with E-state index in [9.17, 15) is 0 Å². The molecule has 0 aliphatic rings. The van der Waals surface area contributed by atoms with Gasteiger partial charge in [-0.1, -0.05) is 17.7 Å². The minimum atomic E-state index is 0.350. The summed E-state index contributed by atoms with van der Waals surface area (Å²) >= 11 is 12.1. The summed E-state index contributed by atoms with van der Waals surface area (Å²) in [5, 5.41) is 0.642. The summed E-state index contributed by atoms with van der Waals surface area (Å²) in [6.07, 6.45) is 0. The second kappa shape index (κ2) is 7.10. The van der Waals surface area contributed by atoms with Crippen molar-refractivity contribution < 1.29 is 9.47 Å². The summed E-state index contributed by atoms with van der Waals surface area (Å²) in [5.41, 5.74) is 1.77. The summed E-state index contributed by atoms with van der Waals surface area (Å²) in [7, 11) is 1.65. The number of fused-ring (bicyclic) bond motifs is 1. The number of halogens is 2. The molecule has 1 aromatic carbocycles. The second-order valence-corrected chi connectivity index (χ2v) is 4.70. The van der Waals surface area contributed by atoms with E-state index in [1.807, 2.05) is 22.8 Å². The van der Waals surface area contributed by atoms with Gasteiger partial charge in [0.1, 0.15) is 11.3 Å². The number of hydrogen-bond acceptors (Lipinski definition) is 3. The summed E-state index contributed by atoms with van der Waals surface area (Å²) in [6.45, 7) is 2.47. The van der Waals surface area contributed by atoms with Gasteiger partial charge in [-0.05, 0) is 12.1 Å². The molecule has 6 heteroatoms. The Labute approximate surface area is 122 Å². The van der Waals surface area contributed by atoms with Gasteiger partial charge in [0.05, 0.1) is 36.2 Å². The summed E-state index contributed by atoms with van der Waals surface area (Å²) < 4.78 is 12.4. The van der Waals surface area contributed by atoms with Crippen molar-refractivity contribution >= 4 is 34.2 Å². The molecule has 0 fully saturated rings. The average Bonchev–Trinajstić information content (AvgIpc) is 2.78. The first-order valence-electron chi connectivity index (χ1n) is 6.04. The fourth-order valence-corrected chi connectivity index (χ4v) is 2.33. The van der Waals surface area contributed by atoms with Crippen molar-refractivity contribution in [1.82, 2.24) is 9.55 Å². The van der Waals surface area contributed by atoms with Crippen LogP contribution in [0.3, 0.4) is 0 Å². The number of nitrogens with zero attached hydrogens (tertiary/aromatic N) is 2. The van der Waals surface area contributed by atoms with Gasteiger partial charge in [0.2, 0.25) is 0 Å². The lowest BCUT2D eigenvalue weighted by molar-refractivity contribution is 0.0667. The lowest BCUT2D eigenvalue weighted by Gasteiger charge is -2.08. The molecule has 0 aliphatic heterocycles. The van der Waals surface area contributed by atoms with Gasteiger partial charge in [0.15, 0.2) is 0 Å². The van der Waals surface area contributed by atoms with Crippen LogP contribution in [-0.2, 0) is 21.9 Å². The highest BCUT2D eigenvalue weighted by atomic mass is 35.5. The van der Waals surface area contributed by atoms with E-state index in [0.29, 0.717) is 37.3 Å². The van der Waals surface area contributed by atoms with Crippen LogP contribution in [-0.4, -0.2) is 36.5 Å². The van der Waals surface area contributed by atoms with Gasteiger partial charge in [0, 0.05) is 13.7 Å². The van der Waals surface area contributed by atoms with E-state index in [4.69, 9.17) is 32.7 Å². The average molecular weight is 303 g/mol. The van der Waals surface area contributed by atoms with Crippen LogP contribution in [0.15, 0.2) is 18.2 Å². The molecule has 0 unspecified atom stereocenters. The van der Waals surface area contributed by atoms with Crippen molar-refractivity contribution in [2.24, 2.45) is 0 Å². The van der Waals surface area contributed by atoms with Crippen molar-refractivity contribution in [3.63, 3.8) is 0 Å². The maximum absolute atomic E-state index is 6.14. The molecule has 0 spiro atoms. The lowest BCUT2D eigenvalue weighted by Crippen LogP contribution is -2.11. The molecule has 1 heterocycles. The Balaban J connectivity index is 2.14. The Morgan fingerprint density at radius 2 is 2.11 bits per heavy atom. The van der Waals surface area contributed by atoms with Gasteiger partial charge in [-0.3, -0.25) is 0 Å². The molecular weight excluding hydrogens is 287 g/mol. The molecule has 0 saturated heterocycles. The Morgan fingerprint density at radius 1 is 1.26 bits per heavy atom. The van der Waals surface area contributed by atoms with E-state index in [0.717, 1.165) is 16.9 Å². The smallest absolute Gasteiger partial charge is 0.124 e. The van der Waals surface area contributed by atoms with Gasteiger partial charge in [-0.2, -0.15) is 0 Å². The number of alkyl halides is 1. The Kier molecular flexibility index (Phi) is 5.45. The van der Waals surface area contributed by atoms with Crippen LogP contribution in [0.4, 0.5) is 0 Å². The quantitative estimate of drug-likeness (QED) is 0.582. The molecule has 1 aromatic heterocycles. The first-order chi connectivity index (χ1) is 9.27. The van der Waals surface area contributed by atoms with E-state index < -0.39 is 0 Å². The molecule has 2 rings (SSSR count). The van der Waals surface area contributed by atoms with Crippen LogP contribution in [0, 0.1) is 0 Å². The first kappa shape index (κ1) is 14.6. The van der Waals surface area contributed by atoms with Crippen LogP contribution >= 0.6 is 23.2 Å². The van der Waals surface area contributed by atoms with Gasteiger partial charge in [-0.25, -0.2) is 4.98 Å². The Bertz CT molecular complexity index is 543. The van der Waals surface area contributed by atoms with Crippen LogP contribution < -0.4 is 0 Å². The van der Waals surface area contributed by atoms with Crippen molar-refractivity contribution in [1.29, 1.82) is 0 Å². The summed E-state index contributed by atoms with van der Waals surface area (Å²) in [5.74, 6) is 1.16. The molecule has 0 saturated carbocycles. The summed E-state index contributed by atoms with van der Waals surface area (Å²) in [6, 6.07) is 5.72. The number of aromatic nitrogens is 2. The normalized spacial score (nSPS) is 11.3. The third-order valence-electron chi connectivity index (χ3n) is 2.82. The van der Waals surface area contributed by atoms with Crippen molar-refractivity contribution in [3.8, 4) is 0 Å². The fourth-order valence-electron chi connectivity index (χ4n) is 1.91. The van der Waals surface area contributed by atoms with Crippen LogP contribution in [0.2, 0.25) is 5.02 Å². The fraction of sp³-hybridized carbons (Fsp3) is 0.462. The number of imidazole rings is 1. The predicted molar refractivity (Wildman–Crippen MR) is 77.0 cm³/mol. The number of para-hydroxylation sites is 1. The Hall–Kier alpha value is -0.810. The van der Waals surface area contributed by atoms with E-state index >= 15 is 0 Å². The molecule has 0 bridgehead atoms. The minimum Gasteiger partial charge on any atom is -0.382 e. The zero-order valence-electron chi connectivity index (χ0n) is 10.7. The maximum Gasteiger partial charge on any atom is 0.124 e. The highest BCUT2D eigenvalue weighted by Crippen LogP contribution is 2.24. The number of rotatable bonds is 7. The topological polar surface area (TPSA) is 36.3 Å². The van der Waals surface area contributed by atoms with Crippen LogP contribution in [0.25, 0.3) is 11.0 Å². The number of benzene rings is 1. The molecular formula is C13H16Cl2N2O2. The van der Waals surface area contributed by atoms with E-state index in [2.05, 4.69) is 4.98 Å². The number of methoxy groups -OCH3 is 1. The molecule has 4 nitrogen and oxygen atoms in total. The first-order valence-corrected chi connectivity index (χ1v) is 6.95. The molecule has 2 aromatic rings. The second-order valence-electron chi connectivity index (χ2n) is 4.03. The zero-order valence-corrected chi connectivity index (χ0v) is 12.2. The monoisotopic (exact) mass is 302 g/mol. The molecule has 19 heavy (non-hydrogen) atoms. The van der Waals surface area contributed by atoms with Crippen molar-refractivity contribution in [2.75, 3.05) is 26.9 Å². The van der Waals surface area contributed by atoms with Crippen molar-refractivity contribution in [3.05, 3.63) is 29.0 Å². The predicted octanol–water partition coefficient (Wildman–Crippen LogP) is 3.09. The highest BCUT2D eigenvalue weighted by Gasteiger charge is 2.11. The molecule has 0 radical (unpaired) electrons. The molecule has 0 N–H and O–H groups in total. The summed E-state index contributed by atoms with van der Waals surface area (Å²) in [4.78, 5) is 4.46. The van der Waals surface area contributed by atoms with Gasteiger partial charge >= 0.3 is 0 Å². The maximum atomic E-state index is 6.14. The van der Waals surface area contributed by atoms with Gasteiger partial charge < -0.3 is 14.0 Å². The van der Waals surface area contributed by atoms with E-state index in [1.165, 1.54) is 0 Å².